The van der Waals surface area contributed by atoms with Crippen LogP contribution in [0.4, 0.5) is 5.69 Å². The first-order chi connectivity index (χ1) is 11.3. The number of rotatable bonds is 4. The number of carbonyl (C=O) groups is 1. The van der Waals surface area contributed by atoms with E-state index in [1.165, 1.54) is 5.69 Å². The number of hydrogen-bond donors (Lipinski definition) is 2. The number of benzene rings is 1. The summed E-state index contributed by atoms with van der Waals surface area (Å²) in [5.74, 6) is 0.980. The molecule has 142 valence electrons. The van der Waals surface area contributed by atoms with Gasteiger partial charge < -0.3 is 25.6 Å². The topological polar surface area (TPSA) is 70.8 Å². The van der Waals surface area contributed by atoms with Gasteiger partial charge in [0.2, 0.25) is 5.91 Å². The number of amides is 1. The van der Waals surface area contributed by atoms with E-state index in [0.29, 0.717) is 6.10 Å². The van der Waals surface area contributed by atoms with Gasteiger partial charge in [-0.1, -0.05) is 0 Å². The highest BCUT2D eigenvalue weighted by Crippen LogP contribution is 2.22. The fourth-order valence-corrected chi connectivity index (χ4v) is 3.18. The lowest BCUT2D eigenvalue weighted by molar-refractivity contribution is -0.129. The molecule has 2 aliphatic rings. The van der Waals surface area contributed by atoms with Gasteiger partial charge in [0.25, 0.3) is 0 Å². The molecule has 0 saturated carbocycles. The van der Waals surface area contributed by atoms with Gasteiger partial charge in [0.05, 0.1) is 6.54 Å². The highest BCUT2D eigenvalue weighted by Gasteiger charge is 2.20. The smallest absolute Gasteiger partial charge is 0.236 e. The zero-order chi connectivity index (χ0) is 16.1. The second kappa shape index (κ2) is 10.7. The van der Waals surface area contributed by atoms with Gasteiger partial charge in [0.1, 0.15) is 11.9 Å². The molecule has 2 saturated heterocycles. The van der Waals surface area contributed by atoms with Gasteiger partial charge in [-0.3, -0.25) is 4.79 Å². The Balaban J connectivity index is 0.00000156. The van der Waals surface area contributed by atoms with Gasteiger partial charge in [-0.05, 0) is 50.2 Å². The van der Waals surface area contributed by atoms with Crippen LogP contribution >= 0.6 is 24.8 Å². The van der Waals surface area contributed by atoms with E-state index in [9.17, 15) is 4.79 Å². The summed E-state index contributed by atoms with van der Waals surface area (Å²) in [6, 6.07) is 8.32. The van der Waals surface area contributed by atoms with Crippen LogP contribution in [-0.4, -0.2) is 62.7 Å². The molecule has 25 heavy (non-hydrogen) atoms. The summed E-state index contributed by atoms with van der Waals surface area (Å²) in [4.78, 5) is 15.7. The maximum Gasteiger partial charge on any atom is 0.236 e. The third-order valence-corrected chi connectivity index (χ3v) is 4.60. The number of piperazine rings is 1. The Morgan fingerprint density at radius 1 is 1.08 bits per heavy atom. The van der Waals surface area contributed by atoms with Crippen LogP contribution in [0.15, 0.2) is 24.3 Å². The van der Waals surface area contributed by atoms with Gasteiger partial charge in [-0.2, -0.15) is 0 Å². The van der Waals surface area contributed by atoms with Gasteiger partial charge in [-0.25, -0.2) is 0 Å². The first kappa shape index (κ1) is 21.8. The van der Waals surface area contributed by atoms with Crippen molar-refractivity contribution in [2.45, 2.75) is 18.9 Å². The molecule has 3 N–H and O–H groups in total. The summed E-state index contributed by atoms with van der Waals surface area (Å²) in [5.41, 5.74) is 6.60. The number of ether oxygens (including phenoxy) is 1. The first-order valence-corrected chi connectivity index (χ1v) is 8.46. The molecule has 3 rings (SSSR count). The van der Waals surface area contributed by atoms with E-state index >= 15 is 0 Å². The van der Waals surface area contributed by atoms with Crippen LogP contribution in [0.5, 0.6) is 5.75 Å². The number of nitrogens with one attached hydrogen (secondary N) is 1. The number of nitrogens with two attached hydrogens (primary N) is 1. The average Bonchev–Trinajstić information content (AvgIpc) is 2.63. The summed E-state index contributed by atoms with van der Waals surface area (Å²) in [6.45, 7) is 5.35. The minimum absolute atomic E-state index is 0. The molecule has 0 aliphatic carbocycles. The molecule has 1 amide bonds. The van der Waals surface area contributed by atoms with Gasteiger partial charge in [0, 0.05) is 31.9 Å². The summed E-state index contributed by atoms with van der Waals surface area (Å²) in [5, 5.41) is 3.35. The molecule has 2 aliphatic heterocycles. The number of carbonyl (C=O) groups excluding carboxylic acids is 1. The zero-order valence-corrected chi connectivity index (χ0v) is 16.0. The van der Waals surface area contributed by atoms with Crippen molar-refractivity contribution >= 4 is 36.4 Å². The van der Waals surface area contributed by atoms with E-state index in [2.05, 4.69) is 34.5 Å². The van der Waals surface area contributed by atoms with E-state index in [1.54, 1.807) is 0 Å². The predicted molar refractivity (Wildman–Crippen MR) is 105 cm³/mol. The zero-order valence-electron chi connectivity index (χ0n) is 14.4. The largest absolute Gasteiger partial charge is 0.490 e. The van der Waals surface area contributed by atoms with Crippen molar-refractivity contribution in [1.29, 1.82) is 0 Å². The molecule has 0 unspecified atom stereocenters. The normalized spacial score (nSPS) is 18.1. The van der Waals surface area contributed by atoms with E-state index in [-0.39, 0.29) is 37.3 Å². The molecule has 0 bridgehead atoms. The SMILES string of the molecule is Cl.Cl.NCC(=O)N1CCN(c2ccc(OC3CCNCC3)cc2)CC1. The molecule has 2 fully saturated rings. The van der Waals surface area contributed by atoms with Gasteiger partial charge in [-0.15, -0.1) is 24.8 Å². The van der Waals surface area contributed by atoms with Crippen LogP contribution in [0, 0.1) is 0 Å². The van der Waals surface area contributed by atoms with Crippen LogP contribution < -0.4 is 20.7 Å². The van der Waals surface area contributed by atoms with Crippen molar-refractivity contribution in [3.05, 3.63) is 24.3 Å². The molecule has 8 heteroatoms. The Labute approximate surface area is 161 Å². The van der Waals surface area contributed by atoms with Crippen LogP contribution in [0.3, 0.4) is 0 Å². The Bertz CT molecular complexity index is 516. The summed E-state index contributed by atoms with van der Waals surface area (Å²) < 4.78 is 6.04. The van der Waals surface area contributed by atoms with Crippen molar-refractivity contribution in [2.75, 3.05) is 50.7 Å². The lowest BCUT2D eigenvalue weighted by Gasteiger charge is -2.36. The second-order valence-corrected chi connectivity index (χ2v) is 6.13. The Hall–Kier alpha value is -1.21. The maximum atomic E-state index is 11.6. The van der Waals surface area contributed by atoms with Crippen LogP contribution in [-0.2, 0) is 4.79 Å². The highest BCUT2D eigenvalue weighted by molar-refractivity contribution is 5.85. The highest BCUT2D eigenvalue weighted by atomic mass is 35.5. The molecule has 1 aromatic carbocycles. The molecule has 6 nitrogen and oxygen atoms in total. The van der Waals surface area contributed by atoms with Crippen molar-refractivity contribution in [1.82, 2.24) is 10.2 Å². The Morgan fingerprint density at radius 3 is 2.24 bits per heavy atom. The number of anilines is 1. The lowest BCUT2D eigenvalue weighted by atomic mass is 10.1. The Morgan fingerprint density at radius 2 is 1.68 bits per heavy atom. The van der Waals surface area contributed by atoms with Crippen LogP contribution in [0.1, 0.15) is 12.8 Å². The first-order valence-electron chi connectivity index (χ1n) is 8.46. The standard InChI is InChI=1S/C17H26N4O2.2ClH/c18-13-17(22)21-11-9-20(10-12-21)14-1-3-15(4-2-14)23-16-5-7-19-8-6-16;;/h1-4,16,19H,5-13,18H2;2*1H. The average molecular weight is 391 g/mol. The monoisotopic (exact) mass is 390 g/mol. The van der Waals surface area contributed by atoms with Gasteiger partial charge >= 0.3 is 0 Å². The molecule has 1 aromatic rings. The van der Waals surface area contributed by atoms with E-state index in [0.717, 1.165) is 57.9 Å². The molecule has 2 heterocycles. The third-order valence-electron chi connectivity index (χ3n) is 4.60. The van der Waals surface area contributed by atoms with Crippen LogP contribution in [0.2, 0.25) is 0 Å². The Kier molecular flexibility index (Phi) is 9.35. The number of hydrogen-bond acceptors (Lipinski definition) is 5. The fraction of sp³-hybridized carbons (Fsp3) is 0.588. The predicted octanol–water partition coefficient (Wildman–Crippen LogP) is 1.27. The van der Waals surface area contributed by atoms with E-state index < -0.39 is 0 Å². The summed E-state index contributed by atoms with van der Waals surface area (Å²) in [7, 11) is 0. The van der Waals surface area contributed by atoms with Crippen LogP contribution in [0.25, 0.3) is 0 Å². The minimum atomic E-state index is 0. The fourth-order valence-electron chi connectivity index (χ4n) is 3.18. The number of nitrogens with zero attached hydrogens (tertiary/aromatic N) is 2. The summed E-state index contributed by atoms with van der Waals surface area (Å²) >= 11 is 0. The number of halogens is 2. The minimum Gasteiger partial charge on any atom is -0.490 e. The second-order valence-electron chi connectivity index (χ2n) is 6.13. The van der Waals surface area contributed by atoms with E-state index in [1.807, 2.05) is 4.90 Å². The summed E-state index contributed by atoms with van der Waals surface area (Å²) in [6.07, 6.45) is 2.46. The molecule has 0 aromatic heterocycles. The molecule has 0 spiro atoms. The van der Waals surface area contributed by atoms with Gasteiger partial charge in [0.15, 0.2) is 0 Å². The third kappa shape index (κ3) is 5.92. The molecular weight excluding hydrogens is 363 g/mol. The lowest BCUT2D eigenvalue weighted by Crippen LogP contribution is -2.50. The van der Waals surface area contributed by atoms with Crippen molar-refractivity contribution in [3.8, 4) is 5.75 Å². The molecule has 0 atom stereocenters. The molecular formula is C17H28Cl2N4O2. The van der Waals surface area contributed by atoms with E-state index in [4.69, 9.17) is 10.5 Å². The number of piperidine rings is 1. The maximum absolute atomic E-state index is 11.6. The van der Waals surface area contributed by atoms with Crippen molar-refractivity contribution in [2.24, 2.45) is 5.73 Å². The van der Waals surface area contributed by atoms with Crippen molar-refractivity contribution < 1.29 is 9.53 Å². The molecule has 0 radical (unpaired) electrons. The quantitative estimate of drug-likeness (QED) is 0.809. The van der Waals surface area contributed by atoms with Crippen molar-refractivity contribution in [3.63, 3.8) is 0 Å².